The van der Waals surface area contributed by atoms with Crippen molar-refractivity contribution in [2.24, 2.45) is 0 Å². The van der Waals surface area contributed by atoms with E-state index in [0.717, 1.165) is 51.0 Å². The molecule has 1 aromatic rings. The molecule has 3 rings (SSSR count). The van der Waals surface area contributed by atoms with Gasteiger partial charge in [-0.1, -0.05) is 12.8 Å². The number of nitrogens with zero attached hydrogens (tertiary/aromatic N) is 4. The van der Waals surface area contributed by atoms with Crippen LogP contribution < -0.4 is 10.2 Å². The third-order valence-corrected chi connectivity index (χ3v) is 5.16. The van der Waals surface area contributed by atoms with Crippen LogP contribution in [0.4, 0.5) is 11.8 Å². The van der Waals surface area contributed by atoms with Gasteiger partial charge in [-0.25, -0.2) is 4.98 Å². The predicted octanol–water partition coefficient (Wildman–Crippen LogP) is 2.38. The van der Waals surface area contributed by atoms with Crippen LogP contribution in [0.2, 0.25) is 0 Å². The lowest BCUT2D eigenvalue weighted by molar-refractivity contribution is 0.114. The summed E-state index contributed by atoms with van der Waals surface area (Å²) in [5.74, 6) is 1.83. The van der Waals surface area contributed by atoms with Gasteiger partial charge in [0, 0.05) is 51.6 Å². The van der Waals surface area contributed by atoms with Crippen molar-refractivity contribution < 1.29 is 4.74 Å². The highest BCUT2D eigenvalue weighted by Gasteiger charge is 2.26. The van der Waals surface area contributed by atoms with Gasteiger partial charge in [0.25, 0.3) is 0 Å². The lowest BCUT2D eigenvalue weighted by atomic mass is 10.2. The molecule has 24 heavy (non-hydrogen) atoms. The Bertz CT molecular complexity index is 504. The highest BCUT2D eigenvalue weighted by atomic mass is 16.5. The molecule has 3 heterocycles. The molecular formula is C18H31N5O. The minimum atomic E-state index is 0.420. The van der Waals surface area contributed by atoms with Crippen LogP contribution in [0.15, 0.2) is 12.3 Å². The number of aromatic nitrogens is 2. The zero-order chi connectivity index (χ0) is 16.8. The molecule has 6 nitrogen and oxygen atoms in total. The number of hydrogen-bond acceptors (Lipinski definition) is 6. The summed E-state index contributed by atoms with van der Waals surface area (Å²) in [6, 6.07) is 2.92. The molecule has 0 aliphatic carbocycles. The molecule has 0 amide bonds. The van der Waals surface area contributed by atoms with Gasteiger partial charge in [-0.15, -0.1) is 0 Å². The van der Waals surface area contributed by atoms with Crippen LogP contribution in [-0.4, -0.2) is 66.8 Å². The zero-order valence-corrected chi connectivity index (χ0v) is 15.1. The number of anilines is 2. The number of nitrogens with one attached hydrogen (secondary N) is 1. The lowest BCUT2D eigenvalue weighted by Gasteiger charge is -2.24. The first kappa shape index (κ1) is 17.4. The second kappa shape index (κ2) is 8.62. The fourth-order valence-electron chi connectivity index (χ4n) is 3.73. The van der Waals surface area contributed by atoms with Crippen molar-refractivity contribution in [1.82, 2.24) is 14.9 Å². The minimum Gasteiger partial charge on any atom is -0.383 e. The fourth-order valence-corrected chi connectivity index (χ4v) is 3.73. The normalized spacial score (nSPS) is 23.9. The Morgan fingerprint density at radius 2 is 2.04 bits per heavy atom. The lowest BCUT2D eigenvalue weighted by Crippen LogP contribution is -2.36. The molecule has 1 aromatic heterocycles. The van der Waals surface area contributed by atoms with Crippen LogP contribution in [-0.2, 0) is 4.74 Å². The summed E-state index contributed by atoms with van der Waals surface area (Å²) in [7, 11) is 1.77. The van der Waals surface area contributed by atoms with Crippen molar-refractivity contribution in [3.63, 3.8) is 0 Å². The highest BCUT2D eigenvalue weighted by molar-refractivity contribution is 5.43. The monoisotopic (exact) mass is 333 g/mol. The van der Waals surface area contributed by atoms with Crippen LogP contribution in [0.25, 0.3) is 0 Å². The quantitative estimate of drug-likeness (QED) is 0.863. The molecule has 0 saturated carbocycles. The molecule has 0 radical (unpaired) electrons. The van der Waals surface area contributed by atoms with Crippen molar-refractivity contribution in [3.8, 4) is 0 Å². The van der Waals surface area contributed by atoms with E-state index in [1.165, 1.54) is 25.7 Å². The van der Waals surface area contributed by atoms with Gasteiger partial charge in [0.1, 0.15) is 5.82 Å². The van der Waals surface area contributed by atoms with Gasteiger partial charge >= 0.3 is 0 Å². The summed E-state index contributed by atoms with van der Waals surface area (Å²) >= 11 is 0. The maximum absolute atomic E-state index is 5.27. The van der Waals surface area contributed by atoms with E-state index in [1.807, 2.05) is 12.3 Å². The Hall–Kier alpha value is -1.40. The van der Waals surface area contributed by atoms with Crippen LogP contribution >= 0.6 is 0 Å². The van der Waals surface area contributed by atoms with E-state index < -0.39 is 0 Å². The van der Waals surface area contributed by atoms with Gasteiger partial charge in [0.05, 0.1) is 6.61 Å². The number of likely N-dealkylation sites (tertiary alicyclic amines) is 1. The van der Waals surface area contributed by atoms with Gasteiger partial charge in [-0.05, 0) is 32.3 Å². The number of ether oxygens (including phenoxy) is 1. The van der Waals surface area contributed by atoms with E-state index in [-0.39, 0.29) is 0 Å². The van der Waals surface area contributed by atoms with Crippen LogP contribution in [0.5, 0.6) is 0 Å². The van der Waals surface area contributed by atoms with Gasteiger partial charge < -0.3 is 15.0 Å². The molecule has 2 saturated heterocycles. The molecule has 2 atom stereocenters. The van der Waals surface area contributed by atoms with E-state index >= 15 is 0 Å². The third kappa shape index (κ3) is 4.57. The van der Waals surface area contributed by atoms with Crippen molar-refractivity contribution in [1.29, 1.82) is 0 Å². The summed E-state index contributed by atoms with van der Waals surface area (Å²) < 4.78 is 5.27. The van der Waals surface area contributed by atoms with Crippen LogP contribution in [0.1, 0.15) is 39.0 Å². The summed E-state index contributed by atoms with van der Waals surface area (Å²) in [5, 5.41) is 3.53. The minimum absolute atomic E-state index is 0.420. The summed E-state index contributed by atoms with van der Waals surface area (Å²) in [5.41, 5.74) is 0. The number of hydrogen-bond donors (Lipinski definition) is 1. The first-order valence-electron chi connectivity index (χ1n) is 9.34. The molecule has 0 bridgehead atoms. The number of methoxy groups -OCH3 is 1. The third-order valence-electron chi connectivity index (χ3n) is 5.16. The number of rotatable bonds is 6. The van der Waals surface area contributed by atoms with E-state index in [1.54, 1.807) is 7.11 Å². The first-order chi connectivity index (χ1) is 11.8. The highest BCUT2D eigenvalue weighted by Crippen LogP contribution is 2.20. The zero-order valence-electron chi connectivity index (χ0n) is 15.1. The molecule has 2 fully saturated rings. The molecule has 134 valence electrons. The molecule has 6 heteroatoms. The predicted molar refractivity (Wildman–Crippen MR) is 97.7 cm³/mol. The maximum atomic E-state index is 5.27. The van der Waals surface area contributed by atoms with Gasteiger partial charge in [-0.2, -0.15) is 4.98 Å². The van der Waals surface area contributed by atoms with E-state index in [0.29, 0.717) is 12.1 Å². The average molecular weight is 333 g/mol. The van der Waals surface area contributed by atoms with Gasteiger partial charge in [-0.3, -0.25) is 4.90 Å². The molecule has 2 aliphatic rings. The summed E-state index contributed by atoms with van der Waals surface area (Å²) in [6.07, 6.45) is 8.22. The second-order valence-electron chi connectivity index (χ2n) is 7.07. The maximum Gasteiger partial charge on any atom is 0.224 e. The summed E-state index contributed by atoms with van der Waals surface area (Å²) in [6.45, 7) is 7.37. The van der Waals surface area contributed by atoms with Crippen molar-refractivity contribution in [3.05, 3.63) is 12.3 Å². The Morgan fingerprint density at radius 3 is 2.79 bits per heavy atom. The van der Waals surface area contributed by atoms with Crippen molar-refractivity contribution in [2.45, 2.75) is 51.1 Å². The Kier molecular flexibility index (Phi) is 6.26. The van der Waals surface area contributed by atoms with Gasteiger partial charge in [0.15, 0.2) is 0 Å². The van der Waals surface area contributed by atoms with E-state index in [2.05, 4.69) is 27.0 Å². The smallest absolute Gasteiger partial charge is 0.224 e. The van der Waals surface area contributed by atoms with Crippen LogP contribution in [0, 0.1) is 0 Å². The molecule has 0 spiro atoms. The molecule has 2 unspecified atom stereocenters. The largest absolute Gasteiger partial charge is 0.383 e. The van der Waals surface area contributed by atoms with Crippen molar-refractivity contribution in [2.75, 3.05) is 50.1 Å². The second-order valence-corrected chi connectivity index (χ2v) is 7.07. The van der Waals surface area contributed by atoms with Gasteiger partial charge in [0.2, 0.25) is 5.95 Å². The SMILES string of the molecule is COCC(C)N1CCC(Nc2nccc(N3CCCCCC3)n2)C1. The molecule has 2 aliphatic heterocycles. The van der Waals surface area contributed by atoms with E-state index in [4.69, 9.17) is 9.72 Å². The molecule has 1 N–H and O–H groups in total. The standard InChI is InChI=1S/C18H31N5O/c1-15(14-24-2)23-12-8-16(13-23)20-18-19-9-7-17(21-18)22-10-5-3-4-6-11-22/h7,9,15-16H,3-6,8,10-14H2,1-2H3,(H,19,20,21). The summed E-state index contributed by atoms with van der Waals surface area (Å²) in [4.78, 5) is 14.1. The topological polar surface area (TPSA) is 53.5 Å². The molecule has 0 aromatic carbocycles. The average Bonchev–Trinajstić information content (AvgIpc) is 2.89. The van der Waals surface area contributed by atoms with E-state index in [9.17, 15) is 0 Å². The van der Waals surface area contributed by atoms with Crippen molar-refractivity contribution >= 4 is 11.8 Å². The molecular weight excluding hydrogens is 302 g/mol. The Labute approximate surface area is 145 Å². The van der Waals surface area contributed by atoms with Crippen LogP contribution in [0.3, 0.4) is 0 Å². The Morgan fingerprint density at radius 1 is 1.25 bits per heavy atom. The Balaban J connectivity index is 1.57. The first-order valence-corrected chi connectivity index (χ1v) is 9.34. The fraction of sp³-hybridized carbons (Fsp3) is 0.778.